The van der Waals surface area contributed by atoms with Crippen LogP contribution >= 0.6 is 11.3 Å². The molecule has 106 valence electrons. The van der Waals surface area contributed by atoms with Gasteiger partial charge in [-0.3, -0.25) is 9.69 Å². The van der Waals surface area contributed by atoms with Crippen molar-refractivity contribution in [1.82, 2.24) is 4.98 Å². The minimum absolute atomic E-state index is 0.136. The number of nitrogens with zero attached hydrogens (tertiary/aromatic N) is 2. The first-order valence-corrected chi connectivity index (χ1v) is 7.86. The van der Waals surface area contributed by atoms with Crippen LogP contribution in [-0.4, -0.2) is 17.4 Å². The first-order valence-electron chi connectivity index (χ1n) is 6.98. The van der Waals surface area contributed by atoms with Gasteiger partial charge in [0.1, 0.15) is 0 Å². The number of carbonyl (C=O) groups is 1. The maximum absolute atomic E-state index is 12.0. The highest BCUT2D eigenvalue weighted by Gasteiger charge is 2.16. The van der Waals surface area contributed by atoms with Crippen LogP contribution in [0.5, 0.6) is 0 Å². The highest BCUT2D eigenvalue weighted by molar-refractivity contribution is 7.14. The lowest BCUT2D eigenvalue weighted by Crippen LogP contribution is -2.30. The van der Waals surface area contributed by atoms with Crippen LogP contribution in [-0.2, 0) is 4.79 Å². The van der Waals surface area contributed by atoms with E-state index >= 15 is 0 Å². The van der Waals surface area contributed by atoms with Crippen molar-refractivity contribution in [2.75, 3.05) is 11.4 Å². The maximum Gasteiger partial charge on any atom is 0.228 e. The van der Waals surface area contributed by atoms with Crippen LogP contribution in [0.25, 0.3) is 11.3 Å². The third-order valence-electron chi connectivity index (χ3n) is 3.12. The van der Waals surface area contributed by atoms with Crippen molar-refractivity contribution < 1.29 is 4.79 Å². The lowest BCUT2D eigenvalue weighted by molar-refractivity contribution is -0.118. The normalized spacial score (nSPS) is 10.6. The topological polar surface area (TPSA) is 33.2 Å². The number of hydrogen-bond donors (Lipinski definition) is 0. The Kier molecular flexibility index (Phi) is 4.90. The van der Waals surface area contributed by atoms with Gasteiger partial charge in [0.2, 0.25) is 5.91 Å². The summed E-state index contributed by atoms with van der Waals surface area (Å²) in [7, 11) is 0. The molecular formula is C16H20N2OS. The molecule has 4 heteroatoms. The summed E-state index contributed by atoms with van der Waals surface area (Å²) in [6.07, 6.45) is 1.45. The van der Waals surface area contributed by atoms with Crippen molar-refractivity contribution in [2.45, 2.75) is 33.6 Å². The Labute approximate surface area is 124 Å². The van der Waals surface area contributed by atoms with Crippen LogP contribution in [0.3, 0.4) is 0 Å². The molecule has 0 saturated heterocycles. The molecule has 20 heavy (non-hydrogen) atoms. The Bertz CT molecular complexity index is 574. The molecule has 0 atom stereocenters. The molecular weight excluding hydrogens is 268 g/mol. The zero-order valence-corrected chi connectivity index (χ0v) is 13.0. The zero-order valence-electron chi connectivity index (χ0n) is 12.2. The molecule has 2 aromatic rings. The summed E-state index contributed by atoms with van der Waals surface area (Å²) in [5, 5.41) is 2.82. The van der Waals surface area contributed by atoms with Gasteiger partial charge >= 0.3 is 0 Å². The van der Waals surface area contributed by atoms with Gasteiger partial charge < -0.3 is 0 Å². The van der Waals surface area contributed by atoms with Gasteiger partial charge in [-0.1, -0.05) is 43.7 Å². The minimum atomic E-state index is 0.136. The molecule has 0 spiro atoms. The summed E-state index contributed by atoms with van der Waals surface area (Å²) < 4.78 is 0. The fourth-order valence-corrected chi connectivity index (χ4v) is 2.86. The second-order valence-corrected chi connectivity index (χ2v) is 5.62. The maximum atomic E-state index is 12.0. The largest absolute Gasteiger partial charge is 0.288 e. The number of anilines is 1. The highest BCUT2D eigenvalue weighted by Crippen LogP contribution is 2.28. The number of carbonyl (C=O) groups excluding carboxylic acids is 1. The van der Waals surface area contributed by atoms with Gasteiger partial charge in [-0.25, -0.2) is 4.98 Å². The molecule has 0 unspecified atom stereocenters. The average molecular weight is 288 g/mol. The Morgan fingerprint density at radius 1 is 1.25 bits per heavy atom. The van der Waals surface area contributed by atoms with Crippen LogP contribution in [0, 0.1) is 6.92 Å². The quantitative estimate of drug-likeness (QED) is 0.823. The van der Waals surface area contributed by atoms with Crippen LogP contribution in [0.15, 0.2) is 29.6 Å². The van der Waals surface area contributed by atoms with Crippen molar-refractivity contribution >= 4 is 22.4 Å². The summed E-state index contributed by atoms with van der Waals surface area (Å²) in [6.45, 7) is 6.76. The fraction of sp³-hybridized carbons (Fsp3) is 0.375. The number of benzene rings is 1. The van der Waals surface area contributed by atoms with E-state index < -0.39 is 0 Å². The highest BCUT2D eigenvalue weighted by atomic mass is 32.1. The third kappa shape index (κ3) is 3.25. The Morgan fingerprint density at radius 2 is 1.95 bits per heavy atom. The van der Waals surface area contributed by atoms with E-state index in [1.807, 2.05) is 12.3 Å². The lowest BCUT2D eigenvalue weighted by Gasteiger charge is -2.17. The molecule has 1 aromatic carbocycles. The SMILES string of the molecule is CCCN(C(=O)CC)c1nc(-c2ccc(C)cc2)cs1. The second kappa shape index (κ2) is 6.66. The van der Waals surface area contributed by atoms with E-state index in [1.165, 1.54) is 16.9 Å². The number of aromatic nitrogens is 1. The van der Waals surface area contributed by atoms with Gasteiger partial charge in [0.25, 0.3) is 0 Å². The van der Waals surface area contributed by atoms with E-state index in [0.717, 1.165) is 29.4 Å². The molecule has 0 aliphatic carbocycles. The minimum Gasteiger partial charge on any atom is -0.288 e. The van der Waals surface area contributed by atoms with E-state index in [2.05, 4.69) is 43.1 Å². The number of amides is 1. The molecule has 1 heterocycles. The standard InChI is InChI=1S/C16H20N2OS/c1-4-10-18(15(19)5-2)16-17-14(11-20-16)13-8-6-12(3)7-9-13/h6-9,11H,4-5,10H2,1-3H3. The van der Waals surface area contributed by atoms with E-state index in [1.54, 1.807) is 4.90 Å². The van der Waals surface area contributed by atoms with Crippen molar-refractivity contribution in [3.05, 3.63) is 35.2 Å². The first kappa shape index (κ1) is 14.7. The van der Waals surface area contributed by atoms with Gasteiger partial charge in [-0.2, -0.15) is 0 Å². The van der Waals surface area contributed by atoms with Crippen molar-refractivity contribution in [3.63, 3.8) is 0 Å². The molecule has 2 rings (SSSR count). The zero-order chi connectivity index (χ0) is 14.5. The molecule has 0 aliphatic rings. The summed E-state index contributed by atoms with van der Waals surface area (Å²) in [4.78, 5) is 18.4. The van der Waals surface area contributed by atoms with Gasteiger partial charge in [0, 0.05) is 23.9 Å². The predicted octanol–water partition coefficient (Wildman–Crippen LogP) is 4.27. The van der Waals surface area contributed by atoms with E-state index in [-0.39, 0.29) is 5.91 Å². The molecule has 1 amide bonds. The van der Waals surface area contributed by atoms with Gasteiger partial charge in [-0.15, -0.1) is 11.3 Å². The predicted molar refractivity (Wildman–Crippen MR) is 85.2 cm³/mol. The number of aryl methyl sites for hydroxylation is 1. The molecule has 0 aliphatic heterocycles. The molecule has 0 radical (unpaired) electrons. The summed E-state index contributed by atoms with van der Waals surface area (Å²) in [6, 6.07) is 8.30. The second-order valence-electron chi connectivity index (χ2n) is 4.78. The van der Waals surface area contributed by atoms with Crippen LogP contribution in [0.2, 0.25) is 0 Å². The molecule has 0 saturated carbocycles. The molecule has 3 nitrogen and oxygen atoms in total. The third-order valence-corrected chi connectivity index (χ3v) is 3.98. The van der Waals surface area contributed by atoms with Gasteiger partial charge in [0.15, 0.2) is 5.13 Å². The van der Waals surface area contributed by atoms with E-state index in [0.29, 0.717) is 6.42 Å². The lowest BCUT2D eigenvalue weighted by atomic mass is 10.1. The van der Waals surface area contributed by atoms with E-state index in [9.17, 15) is 4.79 Å². The summed E-state index contributed by atoms with van der Waals surface area (Å²) >= 11 is 1.53. The van der Waals surface area contributed by atoms with Crippen LogP contribution in [0.1, 0.15) is 32.3 Å². The van der Waals surface area contributed by atoms with Gasteiger partial charge in [-0.05, 0) is 13.3 Å². The first-order chi connectivity index (χ1) is 9.65. The van der Waals surface area contributed by atoms with Crippen molar-refractivity contribution in [3.8, 4) is 11.3 Å². The molecule has 0 N–H and O–H groups in total. The molecule has 1 aromatic heterocycles. The van der Waals surface area contributed by atoms with Crippen LogP contribution in [0.4, 0.5) is 5.13 Å². The number of thiazole rings is 1. The Balaban J connectivity index is 2.26. The van der Waals surface area contributed by atoms with Gasteiger partial charge in [0.05, 0.1) is 5.69 Å². The Hall–Kier alpha value is -1.68. The summed E-state index contributed by atoms with van der Waals surface area (Å²) in [5.41, 5.74) is 3.27. The monoisotopic (exact) mass is 288 g/mol. The fourth-order valence-electron chi connectivity index (χ4n) is 1.99. The Morgan fingerprint density at radius 3 is 2.55 bits per heavy atom. The van der Waals surface area contributed by atoms with Crippen LogP contribution < -0.4 is 4.90 Å². The molecule has 0 fully saturated rings. The number of rotatable bonds is 5. The van der Waals surface area contributed by atoms with E-state index in [4.69, 9.17) is 0 Å². The van der Waals surface area contributed by atoms with Crippen molar-refractivity contribution in [1.29, 1.82) is 0 Å². The average Bonchev–Trinajstić information content (AvgIpc) is 2.94. The molecule has 0 bridgehead atoms. The smallest absolute Gasteiger partial charge is 0.228 e. The number of hydrogen-bond acceptors (Lipinski definition) is 3. The summed E-state index contributed by atoms with van der Waals surface area (Å²) in [5.74, 6) is 0.136. The van der Waals surface area contributed by atoms with Crippen molar-refractivity contribution in [2.24, 2.45) is 0 Å².